The second kappa shape index (κ2) is 10.6. The number of rotatable bonds is 4. The molecule has 4 heteroatoms. The number of allylic oxidation sites excluding steroid dienone is 4. The van der Waals surface area contributed by atoms with Crippen LogP contribution in [-0.2, 0) is 9.53 Å². The lowest BCUT2D eigenvalue weighted by molar-refractivity contribution is -0.137. The zero-order chi connectivity index (χ0) is 20.4. The Bertz CT molecular complexity index is 724. The minimum atomic E-state index is -0.275. The number of hydrogen-bond acceptors (Lipinski definition) is 4. The minimum absolute atomic E-state index is 0.0636. The fraction of sp³-hybridized carbons (Fsp3) is 0.435. The molecule has 4 nitrogen and oxygen atoms in total. The van der Waals surface area contributed by atoms with Crippen molar-refractivity contribution < 1.29 is 19.0 Å². The van der Waals surface area contributed by atoms with E-state index in [1.54, 1.807) is 14.0 Å². The zero-order valence-electron chi connectivity index (χ0n) is 17.6. The van der Waals surface area contributed by atoms with Gasteiger partial charge < -0.3 is 14.2 Å². The van der Waals surface area contributed by atoms with Crippen molar-refractivity contribution in [2.75, 3.05) is 20.3 Å². The van der Waals surface area contributed by atoms with E-state index in [9.17, 15) is 4.79 Å². The molecule has 1 aliphatic heterocycles. The summed E-state index contributed by atoms with van der Waals surface area (Å²) in [4.78, 5) is 10.8. The molecule has 2 rings (SSSR count). The van der Waals surface area contributed by atoms with E-state index in [1.807, 2.05) is 38.1 Å². The number of hydrogen-bond donors (Lipinski definition) is 0. The van der Waals surface area contributed by atoms with Crippen LogP contribution in [0.2, 0.25) is 0 Å². The molecule has 1 aliphatic rings. The number of fused-ring (bicyclic) bond motifs is 1. The Morgan fingerprint density at radius 1 is 1.33 bits per heavy atom. The van der Waals surface area contributed by atoms with E-state index in [-0.39, 0.29) is 11.4 Å². The van der Waals surface area contributed by atoms with Crippen LogP contribution in [0.4, 0.5) is 0 Å². The second-order valence-corrected chi connectivity index (χ2v) is 7.08. The standard InChI is InChI=1S/C14H18O2.C9H14O2/c1-10-8-14(2,3)9-16-13-11(10)6-5-7-12(13)15-4;1-4-6-8(3)7-9(10)11-5-2/h5-8H,9H2,1-4H3;4,6-7H,5H2,1-3H3/b;6-4+,8-7+. The van der Waals surface area contributed by atoms with Crippen molar-refractivity contribution in [3.8, 4) is 11.5 Å². The molecular formula is C23H32O4. The molecule has 0 aliphatic carbocycles. The third-order valence-electron chi connectivity index (χ3n) is 3.88. The summed E-state index contributed by atoms with van der Waals surface area (Å²) in [5.41, 5.74) is 3.35. The number of benzene rings is 1. The summed E-state index contributed by atoms with van der Waals surface area (Å²) in [7, 11) is 1.67. The molecule has 0 bridgehead atoms. The Balaban J connectivity index is 0.000000293. The Hall–Kier alpha value is -2.49. The van der Waals surface area contributed by atoms with Gasteiger partial charge in [0.15, 0.2) is 11.5 Å². The zero-order valence-corrected chi connectivity index (χ0v) is 17.6. The van der Waals surface area contributed by atoms with Gasteiger partial charge in [0.1, 0.15) is 0 Å². The molecular weight excluding hydrogens is 340 g/mol. The van der Waals surface area contributed by atoms with Crippen LogP contribution in [0.5, 0.6) is 11.5 Å². The van der Waals surface area contributed by atoms with Crippen LogP contribution >= 0.6 is 0 Å². The fourth-order valence-corrected chi connectivity index (χ4v) is 2.78. The van der Waals surface area contributed by atoms with Gasteiger partial charge in [-0.15, -0.1) is 0 Å². The van der Waals surface area contributed by atoms with Gasteiger partial charge in [-0.3, -0.25) is 0 Å². The van der Waals surface area contributed by atoms with E-state index in [1.165, 1.54) is 11.6 Å². The van der Waals surface area contributed by atoms with Crippen LogP contribution in [0.1, 0.15) is 47.1 Å². The Labute approximate surface area is 163 Å². The topological polar surface area (TPSA) is 44.8 Å². The lowest BCUT2D eigenvalue weighted by atomic mass is 9.91. The van der Waals surface area contributed by atoms with Crippen molar-refractivity contribution >= 4 is 11.5 Å². The molecule has 148 valence electrons. The maximum Gasteiger partial charge on any atom is 0.330 e. The summed E-state index contributed by atoms with van der Waals surface area (Å²) in [6.45, 7) is 13.1. The van der Waals surface area contributed by atoms with Gasteiger partial charge in [0.25, 0.3) is 0 Å². The van der Waals surface area contributed by atoms with Gasteiger partial charge in [0.2, 0.25) is 0 Å². The number of esters is 1. The van der Waals surface area contributed by atoms with E-state index in [0.29, 0.717) is 13.2 Å². The van der Waals surface area contributed by atoms with Crippen molar-refractivity contribution in [3.63, 3.8) is 0 Å². The predicted molar refractivity (Wildman–Crippen MR) is 111 cm³/mol. The molecule has 0 aromatic heterocycles. The van der Waals surface area contributed by atoms with Crippen LogP contribution in [0.25, 0.3) is 5.57 Å². The SMILES string of the molecule is C/C=C/C(C)=C/C(=O)OCC.COc1cccc2c1OCC(C)(C)C=C2C. The Morgan fingerprint density at radius 3 is 2.63 bits per heavy atom. The normalized spacial score (nSPS) is 15.5. The van der Waals surface area contributed by atoms with E-state index >= 15 is 0 Å². The fourth-order valence-electron chi connectivity index (χ4n) is 2.78. The average Bonchev–Trinajstić information content (AvgIpc) is 2.71. The van der Waals surface area contributed by atoms with Crippen molar-refractivity contribution in [1.29, 1.82) is 0 Å². The first kappa shape index (κ1) is 22.6. The minimum Gasteiger partial charge on any atom is -0.493 e. The largest absolute Gasteiger partial charge is 0.493 e. The van der Waals surface area contributed by atoms with Gasteiger partial charge in [-0.25, -0.2) is 4.79 Å². The van der Waals surface area contributed by atoms with E-state index in [2.05, 4.69) is 32.9 Å². The monoisotopic (exact) mass is 372 g/mol. The predicted octanol–water partition coefficient (Wildman–Crippen LogP) is 5.59. The van der Waals surface area contributed by atoms with E-state index < -0.39 is 0 Å². The molecule has 1 heterocycles. The van der Waals surface area contributed by atoms with Crippen LogP contribution in [-0.4, -0.2) is 26.3 Å². The first-order valence-electron chi connectivity index (χ1n) is 9.21. The van der Waals surface area contributed by atoms with Gasteiger partial charge >= 0.3 is 5.97 Å². The molecule has 0 atom stereocenters. The molecule has 0 unspecified atom stereocenters. The maximum absolute atomic E-state index is 10.8. The Kier molecular flexibility index (Phi) is 8.86. The molecule has 0 N–H and O–H groups in total. The third kappa shape index (κ3) is 7.33. The third-order valence-corrected chi connectivity index (χ3v) is 3.88. The van der Waals surface area contributed by atoms with Crippen LogP contribution in [0, 0.1) is 5.41 Å². The molecule has 0 saturated carbocycles. The summed E-state index contributed by atoms with van der Waals surface area (Å²) in [5, 5.41) is 0. The molecule has 1 aromatic rings. The van der Waals surface area contributed by atoms with Crippen LogP contribution in [0.15, 0.2) is 48.1 Å². The highest BCUT2D eigenvalue weighted by molar-refractivity contribution is 5.83. The van der Waals surface area contributed by atoms with Crippen molar-refractivity contribution in [2.45, 2.75) is 41.5 Å². The highest BCUT2D eigenvalue weighted by Gasteiger charge is 2.23. The Morgan fingerprint density at radius 2 is 2.04 bits per heavy atom. The van der Waals surface area contributed by atoms with E-state index in [4.69, 9.17) is 14.2 Å². The smallest absolute Gasteiger partial charge is 0.330 e. The number of methoxy groups -OCH3 is 1. The molecule has 27 heavy (non-hydrogen) atoms. The van der Waals surface area contributed by atoms with Crippen molar-refractivity contribution in [1.82, 2.24) is 0 Å². The number of carbonyl (C=O) groups excluding carboxylic acids is 1. The summed E-state index contributed by atoms with van der Waals surface area (Å²) < 4.78 is 15.9. The molecule has 0 fully saturated rings. The van der Waals surface area contributed by atoms with Gasteiger partial charge in [-0.05, 0) is 44.9 Å². The first-order valence-corrected chi connectivity index (χ1v) is 9.21. The molecule has 0 radical (unpaired) electrons. The van der Waals surface area contributed by atoms with Gasteiger partial charge in [0, 0.05) is 17.1 Å². The molecule has 0 spiro atoms. The average molecular weight is 373 g/mol. The number of ether oxygens (including phenoxy) is 3. The van der Waals surface area contributed by atoms with Crippen LogP contribution < -0.4 is 9.47 Å². The molecule has 1 aromatic carbocycles. The van der Waals surface area contributed by atoms with Crippen molar-refractivity contribution in [2.24, 2.45) is 5.41 Å². The van der Waals surface area contributed by atoms with Gasteiger partial charge in [-0.1, -0.05) is 44.2 Å². The quantitative estimate of drug-likeness (QED) is 0.393. The molecule has 0 saturated heterocycles. The maximum atomic E-state index is 10.8. The summed E-state index contributed by atoms with van der Waals surface area (Å²) in [6, 6.07) is 6.01. The van der Waals surface area contributed by atoms with Gasteiger partial charge in [0.05, 0.1) is 20.3 Å². The van der Waals surface area contributed by atoms with Crippen LogP contribution in [0.3, 0.4) is 0 Å². The number of para-hydroxylation sites is 1. The lowest BCUT2D eigenvalue weighted by Gasteiger charge is -2.19. The highest BCUT2D eigenvalue weighted by atomic mass is 16.5. The van der Waals surface area contributed by atoms with Crippen molar-refractivity contribution in [3.05, 3.63) is 53.6 Å². The lowest BCUT2D eigenvalue weighted by Crippen LogP contribution is -2.17. The highest BCUT2D eigenvalue weighted by Crippen LogP contribution is 2.40. The van der Waals surface area contributed by atoms with Gasteiger partial charge in [-0.2, -0.15) is 0 Å². The summed E-state index contributed by atoms with van der Waals surface area (Å²) in [6.07, 6.45) is 7.48. The second-order valence-electron chi connectivity index (χ2n) is 7.08. The summed E-state index contributed by atoms with van der Waals surface area (Å²) in [5.74, 6) is 1.40. The van der Waals surface area contributed by atoms with E-state index in [0.717, 1.165) is 22.6 Å². The first-order chi connectivity index (χ1) is 12.7. The summed E-state index contributed by atoms with van der Waals surface area (Å²) >= 11 is 0. The number of carbonyl (C=O) groups is 1. The molecule has 0 amide bonds.